The number of rotatable bonds is 4. The van der Waals surface area contributed by atoms with Crippen molar-refractivity contribution in [3.63, 3.8) is 0 Å². The monoisotopic (exact) mass is 280 g/mol. The van der Waals surface area contributed by atoms with Crippen LogP contribution in [0.4, 0.5) is 4.39 Å². The molecule has 1 aromatic carbocycles. The fourth-order valence-corrected chi connectivity index (χ4v) is 3.05. The molecule has 1 aliphatic rings. The normalized spacial score (nSPS) is 25.6. The molecule has 1 aromatic rings. The Labute approximate surface area is 120 Å². The van der Waals surface area contributed by atoms with E-state index in [2.05, 4.69) is 31.0 Å². The van der Waals surface area contributed by atoms with Gasteiger partial charge in [0.05, 0.1) is 0 Å². The van der Waals surface area contributed by atoms with Gasteiger partial charge < -0.3 is 10.4 Å². The van der Waals surface area contributed by atoms with Crippen molar-refractivity contribution in [2.24, 2.45) is 0 Å². The molecule has 0 bridgehead atoms. The highest BCUT2D eigenvalue weighted by Gasteiger charge is 2.31. The molecule has 0 radical (unpaired) electrons. The molecular weight excluding hydrogens is 255 g/mol. The number of nitrogens with one attached hydrogen (secondary N) is 1. The van der Waals surface area contributed by atoms with E-state index in [0.717, 1.165) is 25.9 Å². The van der Waals surface area contributed by atoms with Crippen molar-refractivity contribution in [1.82, 2.24) is 10.2 Å². The summed E-state index contributed by atoms with van der Waals surface area (Å²) in [5.41, 5.74) is 0.681. The second-order valence-corrected chi connectivity index (χ2v) is 5.65. The van der Waals surface area contributed by atoms with Crippen molar-refractivity contribution in [1.29, 1.82) is 0 Å². The molecule has 2 N–H and O–H groups in total. The quantitative estimate of drug-likeness (QED) is 0.890. The van der Waals surface area contributed by atoms with Gasteiger partial charge in [-0.05, 0) is 38.0 Å². The number of phenols is 1. The lowest BCUT2D eigenvalue weighted by Crippen LogP contribution is -2.56. The highest BCUT2D eigenvalue weighted by atomic mass is 19.1. The zero-order valence-corrected chi connectivity index (χ0v) is 12.6. The molecule has 20 heavy (non-hydrogen) atoms. The van der Waals surface area contributed by atoms with Crippen molar-refractivity contribution in [3.05, 3.63) is 29.6 Å². The Balaban J connectivity index is 2.24. The third kappa shape index (κ3) is 3.13. The average Bonchev–Trinajstić information content (AvgIpc) is 2.48. The minimum atomic E-state index is -0.292. The van der Waals surface area contributed by atoms with Crippen LogP contribution in [0, 0.1) is 5.82 Å². The van der Waals surface area contributed by atoms with E-state index in [-0.39, 0.29) is 17.6 Å². The molecule has 0 aliphatic carbocycles. The molecule has 112 valence electrons. The summed E-state index contributed by atoms with van der Waals surface area (Å²) in [7, 11) is 0. The van der Waals surface area contributed by atoms with E-state index in [4.69, 9.17) is 0 Å². The highest BCUT2D eigenvalue weighted by molar-refractivity contribution is 5.35. The van der Waals surface area contributed by atoms with Crippen LogP contribution < -0.4 is 5.32 Å². The van der Waals surface area contributed by atoms with Gasteiger partial charge in [0.15, 0.2) is 0 Å². The lowest BCUT2D eigenvalue weighted by molar-refractivity contribution is 0.0837. The number of aromatic hydroxyl groups is 1. The van der Waals surface area contributed by atoms with Crippen LogP contribution in [0.3, 0.4) is 0 Å². The van der Waals surface area contributed by atoms with Gasteiger partial charge in [-0.2, -0.15) is 0 Å². The average molecular weight is 280 g/mol. The Kier molecular flexibility index (Phi) is 5.00. The lowest BCUT2D eigenvalue weighted by Gasteiger charge is -2.43. The van der Waals surface area contributed by atoms with Gasteiger partial charge in [0.2, 0.25) is 0 Å². The van der Waals surface area contributed by atoms with Crippen molar-refractivity contribution >= 4 is 0 Å². The second-order valence-electron chi connectivity index (χ2n) is 5.65. The summed E-state index contributed by atoms with van der Waals surface area (Å²) in [6.45, 7) is 8.28. The van der Waals surface area contributed by atoms with E-state index in [0.29, 0.717) is 17.6 Å². The molecule has 2 rings (SSSR count). The van der Waals surface area contributed by atoms with Crippen molar-refractivity contribution in [2.75, 3.05) is 13.1 Å². The maximum Gasteiger partial charge on any atom is 0.123 e. The number of phenolic OH excluding ortho intramolecular Hbond substituents is 1. The largest absolute Gasteiger partial charge is 0.508 e. The summed E-state index contributed by atoms with van der Waals surface area (Å²) in [4.78, 5) is 2.39. The highest BCUT2D eigenvalue weighted by Crippen LogP contribution is 2.32. The maximum absolute atomic E-state index is 13.5. The number of halogens is 1. The smallest absolute Gasteiger partial charge is 0.123 e. The molecule has 3 atom stereocenters. The fraction of sp³-hybridized carbons (Fsp3) is 0.625. The number of nitrogens with zero attached hydrogens (tertiary/aromatic N) is 1. The Bertz CT molecular complexity index is 452. The van der Waals surface area contributed by atoms with Gasteiger partial charge in [-0.3, -0.25) is 4.90 Å². The first-order chi connectivity index (χ1) is 9.56. The van der Waals surface area contributed by atoms with E-state index < -0.39 is 0 Å². The minimum Gasteiger partial charge on any atom is -0.508 e. The third-order valence-corrected chi connectivity index (χ3v) is 4.44. The molecule has 1 aliphatic heterocycles. The van der Waals surface area contributed by atoms with Crippen LogP contribution in [-0.4, -0.2) is 35.2 Å². The van der Waals surface area contributed by atoms with E-state index in [1.807, 2.05) is 0 Å². The Hall–Kier alpha value is -1.13. The zero-order valence-electron chi connectivity index (χ0n) is 12.6. The van der Waals surface area contributed by atoms with Crippen molar-refractivity contribution in [2.45, 2.75) is 51.7 Å². The van der Waals surface area contributed by atoms with Crippen LogP contribution in [0.15, 0.2) is 18.2 Å². The molecule has 0 spiro atoms. The van der Waals surface area contributed by atoms with Crippen molar-refractivity contribution in [3.8, 4) is 5.75 Å². The molecule has 1 saturated heterocycles. The van der Waals surface area contributed by atoms with E-state index in [1.54, 1.807) is 0 Å². The first kappa shape index (κ1) is 15.3. The third-order valence-electron chi connectivity index (χ3n) is 4.44. The van der Waals surface area contributed by atoms with Crippen LogP contribution in [0.2, 0.25) is 0 Å². The van der Waals surface area contributed by atoms with Crippen LogP contribution in [0.25, 0.3) is 0 Å². The fourth-order valence-electron chi connectivity index (χ4n) is 3.05. The molecule has 0 aromatic heterocycles. The number of hydrogen-bond acceptors (Lipinski definition) is 3. The Morgan fingerprint density at radius 3 is 2.80 bits per heavy atom. The van der Waals surface area contributed by atoms with E-state index in [9.17, 15) is 9.50 Å². The Morgan fingerprint density at radius 2 is 2.15 bits per heavy atom. The molecule has 1 fully saturated rings. The molecule has 0 saturated carbocycles. The van der Waals surface area contributed by atoms with E-state index >= 15 is 0 Å². The van der Waals surface area contributed by atoms with Gasteiger partial charge in [-0.15, -0.1) is 0 Å². The van der Waals surface area contributed by atoms with Gasteiger partial charge in [-0.25, -0.2) is 4.39 Å². The molecule has 0 amide bonds. The predicted octanol–water partition coefficient (Wildman–Crippen LogP) is 3.05. The zero-order chi connectivity index (χ0) is 14.7. The van der Waals surface area contributed by atoms with Crippen LogP contribution in [-0.2, 0) is 0 Å². The van der Waals surface area contributed by atoms with Gasteiger partial charge in [0, 0.05) is 36.8 Å². The summed E-state index contributed by atoms with van der Waals surface area (Å²) in [5.74, 6) is -0.111. The van der Waals surface area contributed by atoms with Crippen LogP contribution in [0.1, 0.15) is 45.2 Å². The van der Waals surface area contributed by atoms with Gasteiger partial charge in [-0.1, -0.05) is 13.8 Å². The summed E-state index contributed by atoms with van der Waals surface area (Å²) in [6.07, 6.45) is 2.12. The molecule has 1 heterocycles. The summed E-state index contributed by atoms with van der Waals surface area (Å²) < 4.78 is 13.5. The van der Waals surface area contributed by atoms with Crippen LogP contribution in [0.5, 0.6) is 5.75 Å². The summed E-state index contributed by atoms with van der Waals surface area (Å²) in [6, 6.07) is 5.12. The van der Waals surface area contributed by atoms with Gasteiger partial charge in [0.1, 0.15) is 11.6 Å². The van der Waals surface area contributed by atoms with Crippen LogP contribution >= 0.6 is 0 Å². The summed E-state index contributed by atoms with van der Waals surface area (Å²) >= 11 is 0. The number of hydrogen-bond donors (Lipinski definition) is 2. The van der Waals surface area contributed by atoms with E-state index in [1.165, 1.54) is 18.2 Å². The summed E-state index contributed by atoms with van der Waals surface area (Å²) in [5, 5.41) is 13.6. The van der Waals surface area contributed by atoms with Crippen molar-refractivity contribution < 1.29 is 9.50 Å². The molecule has 3 unspecified atom stereocenters. The topological polar surface area (TPSA) is 35.5 Å². The van der Waals surface area contributed by atoms with Gasteiger partial charge in [0.25, 0.3) is 0 Å². The Morgan fingerprint density at radius 1 is 1.40 bits per heavy atom. The standard InChI is InChI=1S/C16H25FN2O/c1-4-13-10-19(14(5-2)9-18-13)11(3)15-8-12(17)6-7-16(15)20/h6-8,11,13-14,18,20H,4-5,9-10H2,1-3H3. The SMILES string of the molecule is CCC1CN(C(C)c2cc(F)ccc2O)C(CC)CN1. The minimum absolute atomic E-state index is 0.0202. The number of piperazine rings is 1. The predicted molar refractivity (Wildman–Crippen MR) is 79.3 cm³/mol. The first-order valence-corrected chi connectivity index (χ1v) is 7.54. The van der Waals surface area contributed by atoms with Gasteiger partial charge >= 0.3 is 0 Å². The molecule has 3 nitrogen and oxygen atoms in total. The maximum atomic E-state index is 13.5. The number of benzene rings is 1. The molecule has 4 heteroatoms. The second kappa shape index (κ2) is 6.55. The molecular formula is C16H25FN2O. The lowest BCUT2D eigenvalue weighted by atomic mass is 9.98. The first-order valence-electron chi connectivity index (χ1n) is 7.54.